The van der Waals surface area contributed by atoms with E-state index in [9.17, 15) is 4.39 Å². The van der Waals surface area contributed by atoms with E-state index in [1.807, 2.05) is 25.1 Å². The fourth-order valence-electron chi connectivity index (χ4n) is 1.46. The van der Waals surface area contributed by atoms with Crippen LogP contribution in [0.15, 0.2) is 36.5 Å². The minimum atomic E-state index is -0.495. The van der Waals surface area contributed by atoms with Gasteiger partial charge in [-0.1, -0.05) is 12.1 Å². The standard InChI is InChI=1S/C13H12FNO2/c1-9-3-2-4-12(5-9)17-13-10(8-16)6-11(14)7-15-13/h2-7,16H,8H2,1H3. The van der Waals surface area contributed by atoms with Crippen molar-refractivity contribution in [1.29, 1.82) is 0 Å². The van der Waals surface area contributed by atoms with E-state index in [-0.39, 0.29) is 12.5 Å². The summed E-state index contributed by atoms with van der Waals surface area (Å²) in [6, 6.07) is 8.62. The molecule has 0 saturated carbocycles. The predicted octanol–water partition coefficient (Wildman–Crippen LogP) is 2.81. The molecule has 0 saturated heterocycles. The molecule has 0 spiro atoms. The summed E-state index contributed by atoms with van der Waals surface area (Å²) in [6.45, 7) is 1.63. The highest BCUT2D eigenvalue weighted by molar-refractivity contribution is 5.34. The number of aryl methyl sites for hydroxylation is 1. The summed E-state index contributed by atoms with van der Waals surface area (Å²) >= 11 is 0. The van der Waals surface area contributed by atoms with Gasteiger partial charge in [0.05, 0.1) is 12.8 Å². The molecule has 0 aliphatic rings. The second-order valence-corrected chi connectivity index (χ2v) is 3.69. The summed E-state index contributed by atoms with van der Waals surface area (Å²) in [5, 5.41) is 9.09. The maximum Gasteiger partial charge on any atom is 0.224 e. The number of pyridine rings is 1. The Kier molecular flexibility index (Phi) is 3.35. The van der Waals surface area contributed by atoms with Crippen LogP contribution in [0.2, 0.25) is 0 Å². The van der Waals surface area contributed by atoms with Crippen LogP contribution in [-0.4, -0.2) is 10.1 Å². The van der Waals surface area contributed by atoms with Crippen molar-refractivity contribution in [3.8, 4) is 11.6 Å². The van der Waals surface area contributed by atoms with E-state index in [0.29, 0.717) is 11.3 Å². The van der Waals surface area contributed by atoms with Gasteiger partial charge < -0.3 is 9.84 Å². The average Bonchev–Trinajstić information content (AvgIpc) is 2.31. The quantitative estimate of drug-likeness (QED) is 0.886. The highest BCUT2D eigenvalue weighted by Gasteiger charge is 2.07. The van der Waals surface area contributed by atoms with E-state index in [1.54, 1.807) is 6.07 Å². The Labute approximate surface area is 98.5 Å². The van der Waals surface area contributed by atoms with Gasteiger partial charge in [-0.3, -0.25) is 0 Å². The summed E-state index contributed by atoms with van der Waals surface area (Å²) in [7, 11) is 0. The van der Waals surface area contributed by atoms with Gasteiger partial charge in [-0.25, -0.2) is 9.37 Å². The molecular formula is C13H12FNO2. The Morgan fingerprint density at radius 2 is 2.18 bits per heavy atom. The van der Waals surface area contributed by atoms with Gasteiger partial charge >= 0.3 is 0 Å². The van der Waals surface area contributed by atoms with Crippen molar-refractivity contribution in [3.63, 3.8) is 0 Å². The average molecular weight is 233 g/mol. The number of rotatable bonds is 3. The SMILES string of the molecule is Cc1cccc(Oc2ncc(F)cc2CO)c1. The molecule has 3 nitrogen and oxygen atoms in total. The first kappa shape index (κ1) is 11.5. The van der Waals surface area contributed by atoms with Gasteiger partial charge in [0, 0.05) is 5.56 Å². The highest BCUT2D eigenvalue weighted by Crippen LogP contribution is 2.24. The molecule has 4 heteroatoms. The lowest BCUT2D eigenvalue weighted by atomic mass is 10.2. The van der Waals surface area contributed by atoms with Gasteiger partial charge in [-0.15, -0.1) is 0 Å². The monoisotopic (exact) mass is 233 g/mol. The van der Waals surface area contributed by atoms with Crippen molar-refractivity contribution in [2.24, 2.45) is 0 Å². The lowest BCUT2D eigenvalue weighted by Gasteiger charge is -2.08. The molecule has 0 aliphatic carbocycles. The van der Waals surface area contributed by atoms with Gasteiger partial charge in [0.1, 0.15) is 11.6 Å². The first-order valence-corrected chi connectivity index (χ1v) is 5.19. The third-order valence-electron chi connectivity index (χ3n) is 2.27. The van der Waals surface area contributed by atoms with Crippen LogP contribution < -0.4 is 4.74 Å². The van der Waals surface area contributed by atoms with Crippen molar-refractivity contribution in [2.75, 3.05) is 0 Å². The van der Waals surface area contributed by atoms with Gasteiger partial charge in [0.15, 0.2) is 0 Å². The van der Waals surface area contributed by atoms with Crippen LogP contribution in [-0.2, 0) is 6.61 Å². The van der Waals surface area contributed by atoms with Crippen molar-refractivity contribution < 1.29 is 14.2 Å². The molecule has 0 amide bonds. The molecule has 0 radical (unpaired) electrons. The summed E-state index contributed by atoms with van der Waals surface area (Å²) in [5.74, 6) is 0.337. The maximum absolute atomic E-state index is 12.9. The maximum atomic E-state index is 12.9. The zero-order chi connectivity index (χ0) is 12.3. The molecular weight excluding hydrogens is 221 g/mol. The Bertz CT molecular complexity index is 529. The molecule has 2 aromatic rings. The largest absolute Gasteiger partial charge is 0.439 e. The van der Waals surface area contributed by atoms with Crippen LogP contribution in [0.4, 0.5) is 4.39 Å². The van der Waals surface area contributed by atoms with Crippen LogP contribution in [0.3, 0.4) is 0 Å². The lowest BCUT2D eigenvalue weighted by molar-refractivity contribution is 0.274. The molecule has 2 rings (SSSR count). The number of ether oxygens (including phenoxy) is 1. The third-order valence-corrected chi connectivity index (χ3v) is 2.27. The summed E-state index contributed by atoms with van der Waals surface area (Å²) in [4.78, 5) is 3.82. The Morgan fingerprint density at radius 1 is 1.35 bits per heavy atom. The topological polar surface area (TPSA) is 42.4 Å². The number of aliphatic hydroxyl groups is 1. The zero-order valence-corrected chi connectivity index (χ0v) is 9.35. The summed E-state index contributed by atoms with van der Waals surface area (Å²) in [6.07, 6.45) is 1.06. The molecule has 0 unspecified atom stereocenters. The fourth-order valence-corrected chi connectivity index (χ4v) is 1.46. The Hall–Kier alpha value is -1.94. The molecule has 1 N–H and O–H groups in total. The Morgan fingerprint density at radius 3 is 2.88 bits per heavy atom. The van der Waals surface area contributed by atoms with Crippen LogP contribution in [0.5, 0.6) is 11.6 Å². The second kappa shape index (κ2) is 4.93. The van der Waals surface area contributed by atoms with Gasteiger partial charge in [0.2, 0.25) is 5.88 Å². The molecule has 17 heavy (non-hydrogen) atoms. The number of hydrogen-bond acceptors (Lipinski definition) is 3. The number of aliphatic hydroxyl groups excluding tert-OH is 1. The van der Waals surface area contributed by atoms with Crippen molar-refractivity contribution in [3.05, 3.63) is 53.5 Å². The van der Waals surface area contributed by atoms with Crippen LogP contribution in [0, 0.1) is 12.7 Å². The summed E-state index contributed by atoms with van der Waals surface area (Å²) < 4.78 is 18.4. The number of benzene rings is 1. The first-order chi connectivity index (χ1) is 8.19. The zero-order valence-electron chi connectivity index (χ0n) is 9.35. The van der Waals surface area contributed by atoms with E-state index >= 15 is 0 Å². The Balaban J connectivity index is 2.29. The van der Waals surface area contributed by atoms with Gasteiger partial charge in [0.25, 0.3) is 0 Å². The predicted molar refractivity (Wildman–Crippen MR) is 61.4 cm³/mol. The van der Waals surface area contributed by atoms with E-state index in [2.05, 4.69) is 4.98 Å². The van der Waals surface area contributed by atoms with Crippen LogP contribution in [0.1, 0.15) is 11.1 Å². The molecule has 0 aliphatic heterocycles. The molecule has 1 heterocycles. The van der Waals surface area contributed by atoms with Crippen molar-refractivity contribution in [1.82, 2.24) is 4.98 Å². The number of aromatic nitrogens is 1. The molecule has 1 aromatic heterocycles. The normalized spacial score (nSPS) is 10.3. The first-order valence-electron chi connectivity index (χ1n) is 5.19. The molecule has 1 aromatic carbocycles. The number of halogens is 1. The smallest absolute Gasteiger partial charge is 0.224 e. The van der Waals surface area contributed by atoms with Crippen molar-refractivity contribution >= 4 is 0 Å². The number of hydrogen-bond donors (Lipinski definition) is 1. The third kappa shape index (κ3) is 2.79. The van der Waals surface area contributed by atoms with Crippen molar-refractivity contribution in [2.45, 2.75) is 13.5 Å². The van der Waals surface area contributed by atoms with E-state index < -0.39 is 5.82 Å². The minimum absolute atomic E-state index is 0.222. The molecule has 0 atom stereocenters. The molecule has 0 fully saturated rings. The highest BCUT2D eigenvalue weighted by atomic mass is 19.1. The molecule has 88 valence electrons. The second-order valence-electron chi connectivity index (χ2n) is 3.69. The molecule has 0 bridgehead atoms. The van der Waals surface area contributed by atoms with E-state index in [1.165, 1.54) is 6.07 Å². The van der Waals surface area contributed by atoms with Gasteiger partial charge in [-0.2, -0.15) is 0 Å². The van der Waals surface area contributed by atoms with Crippen LogP contribution in [0.25, 0.3) is 0 Å². The van der Waals surface area contributed by atoms with E-state index in [0.717, 1.165) is 11.8 Å². The van der Waals surface area contributed by atoms with Gasteiger partial charge in [-0.05, 0) is 30.7 Å². The van der Waals surface area contributed by atoms with E-state index in [4.69, 9.17) is 9.84 Å². The van der Waals surface area contributed by atoms with Crippen LogP contribution >= 0.6 is 0 Å². The minimum Gasteiger partial charge on any atom is -0.439 e. The summed E-state index contributed by atoms with van der Waals surface area (Å²) in [5.41, 5.74) is 1.38. The number of nitrogens with zero attached hydrogens (tertiary/aromatic N) is 1. The fraction of sp³-hybridized carbons (Fsp3) is 0.154. The lowest BCUT2D eigenvalue weighted by Crippen LogP contribution is -1.96.